The smallest absolute Gasteiger partial charge is 0.227 e. The highest BCUT2D eigenvalue weighted by atomic mass is 16.3. The summed E-state index contributed by atoms with van der Waals surface area (Å²) in [5.74, 6) is 0.640. The third-order valence-electron chi connectivity index (χ3n) is 8.48. The van der Waals surface area contributed by atoms with Crippen LogP contribution in [-0.2, 0) is 0 Å². The van der Waals surface area contributed by atoms with Crippen molar-refractivity contribution in [2.45, 2.75) is 0 Å². The van der Waals surface area contributed by atoms with Crippen molar-refractivity contribution in [3.8, 4) is 22.6 Å². The number of nitrogens with zero attached hydrogens (tertiary/aromatic N) is 2. The van der Waals surface area contributed by atoms with Gasteiger partial charge in [0.2, 0.25) is 5.89 Å². The van der Waals surface area contributed by atoms with Crippen LogP contribution in [0.3, 0.4) is 0 Å². The van der Waals surface area contributed by atoms with Crippen LogP contribution in [0.2, 0.25) is 0 Å². The van der Waals surface area contributed by atoms with Gasteiger partial charge in [-0.1, -0.05) is 78.9 Å². The number of furan rings is 1. The summed E-state index contributed by atoms with van der Waals surface area (Å²) in [6, 6.07) is 54.6. The SMILES string of the molecule is c1ccc(-c2nc3ccc4cc(-c5ccc(N(c6ccccc6)c6ccc7oc8ccccc8c7c6)cc5)ccc4c3o2)cc1. The predicted octanol–water partition coefficient (Wildman–Crippen LogP) is 11.7. The second-order valence-electron chi connectivity index (χ2n) is 11.2. The van der Waals surface area contributed by atoms with E-state index in [2.05, 4.69) is 108 Å². The number of anilines is 3. The molecule has 0 fully saturated rings. The largest absolute Gasteiger partial charge is 0.456 e. The average Bonchev–Trinajstić information content (AvgIpc) is 3.71. The van der Waals surface area contributed by atoms with Gasteiger partial charge in [0.1, 0.15) is 16.7 Å². The van der Waals surface area contributed by atoms with Gasteiger partial charge < -0.3 is 13.7 Å². The van der Waals surface area contributed by atoms with E-state index in [0.717, 1.165) is 77.6 Å². The summed E-state index contributed by atoms with van der Waals surface area (Å²) in [6.45, 7) is 0. The molecular weight excluding hydrogens is 552 g/mol. The molecule has 2 aromatic heterocycles. The molecule has 0 bridgehead atoms. The van der Waals surface area contributed by atoms with E-state index in [1.54, 1.807) is 0 Å². The zero-order valence-electron chi connectivity index (χ0n) is 24.2. The van der Waals surface area contributed by atoms with Gasteiger partial charge in [0.15, 0.2) is 5.58 Å². The van der Waals surface area contributed by atoms with Crippen molar-refractivity contribution in [3.05, 3.63) is 158 Å². The molecule has 9 rings (SSSR count). The Morgan fingerprint density at radius 1 is 0.422 bits per heavy atom. The molecule has 0 aliphatic rings. The monoisotopic (exact) mass is 578 g/mol. The normalized spacial score (nSPS) is 11.6. The lowest BCUT2D eigenvalue weighted by molar-refractivity contribution is 0.623. The zero-order valence-corrected chi connectivity index (χ0v) is 24.2. The standard InChI is InChI=1S/C41H26N2O2/c1-3-9-28(10-4-1)41-42-37-23-18-30-25-29(17-22-34(30)40(37)45-41)27-15-19-32(20-16-27)43(31-11-5-2-6-12-31)33-21-24-39-36(26-33)35-13-7-8-14-38(35)44-39/h1-26H. The number of para-hydroxylation sites is 2. The minimum Gasteiger partial charge on any atom is -0.456 e. The Kier molecular flexibility index (Phi) is 5.78. The molecule has 7 aromatic carbocycles. The molecular formula is C41H26N2O2. The van der Waals surface area contributed by atoms with E-state index < -0.39 is 0 Å². The maximum atomic E-state index is 6.26. The highest BCUT2D eigenvalue weighted by molar-refractivity contribution is 6.07. The van der Waals surface area contributed by atoms with E-state index >= 15 is 0 Å². The maximum absolute atomic E-state index is 6.26. The summed E-state index contributed by atoms with van der Waals surface area (Å²) in [5.41, 5.74) is 9.97. The molecule has 0 spiro atoms. The van der Waals surface area contributed by atoms with E-state index in [1.807, 2.05) is 54.6 Å². The third-order valence-corrected chi connectivity index (χ3v) is 8.48. The van der Waals surface area contributed by atoms with Crippen molar-refractivity contribution < 1.29 is 8.83 Å². The first kappa shape index (κ1) is 25.4. The molecule has 0 saturated heterocycles. The minimum atomic E-state index is 0.640. The summed E-state index contributed by atoms with van der Waals surface area (Å²) < 4.78 is 12.4. The predicted molar refractivity (Wildman–Crippen MR) is 184 cm³/mol. The lowest BCUT2D eigenvalue weighted by Gasteiger charge is -2.25. The van der Waals surface area contributed by atoms with Crippen molar-refractivity contribution in [3.63, 3.8) is 0 Å². The average molecular weight is 579 g/mol. The van der Waals surface area contributed by atoms with Crippen LogP contribution in [0, 0.1) is 0 Å². The number of hydrogen-bond acceptors (Lipinski definition) is 4. The summed E-state index contributed by atoms with van der Waals surface area (Å²) in [4.78, 5) is 7.03. The highest BCUT2D eigenvalue weighted by Gasteiger charge is 2.16. The molecule has 0 amide bonds. The fourth-order valence-electron chi connectivity index (χ4n) is 6.28. The Labute approximate surface area is 259 Å². The van der Waals surface area contributed by atoms with Crippen molar-refractivity contribution in [2.75, 3.05) is 4.90 Å². The first-order valence-corrected chi connectivity index (χ1v) is 15.0. The first-order chi connectivity index (χ1) is 22.3. The number of hydrogen-bond donors (Lipinski definition) is 0. The molecule has 0 atom stereocenters. The van der Waals surface area contributed by atoms with E-state index in [-0.39, 0.29) is 0 Å². The third kappa shape index (κ3) is 4.35. The van der Waals surface area contributed by atoms with Crippen molar-refractivity contribution in [1.82, 2.24) is 4.98 Å². The van der Waals surface area contributed by atoms with Crippen LogP contribution in [0.25, 0.3) is 66.4 Å². The molecule has 0 aliphatic carbocycles. The quantitative estimate of drug-likeness (QED) is 0.204. The number of rotatable bonds is 5. The van der Waals surface area contributed by atoms with Crippen LogP contribution in [0.5, 0.6) is 0 Å². The van der Waals surface area contributed by atoms with Gasteiger partial charge in [0, 0.05) is 38.8 Å². The van der Waals surface area contributed by atoms with Gasteiger partial charge in [-0.05, 0) is 95.4 Å². The highest BCUT2D eigenvalue weighted by Crippen LogP contribution is 2.39. The van der Waals surface area contributed by atoms with Crippen LogP contribution in [0.15, 0.2) is 167 Å². The summed E-state index contributed by atoms with van der Waals surface area (Å²) in [7, 11) is 0. The molecule has 0 aliphatic heterocycles. The Bertz CT molecular complexity index is 2480. The van der Waals surface area contributed by atoms with Crippen LogP contribution < -0.4 is 4.90 Å². The minimum absolute atomic E-state index is 0.640. The van der Waals surface area contributed by atoms with Gasteiger partial charge in [0.05, 0.1) is 0 Å². The summed E-state index contributed by atoms with van der Waals surface area (Å²) >= 11 is 0. The van der Waals surface area contributed by atoms with E-state index in [9.17, 15) is 0 Å². The van der Waals surface area contributed by atoms with E-state index in [4.69, 9.17) is 13.8 Å². The van der Waals surface area contributed by atoms with Gasteiger partial charge in [-0.2, -0.15) is 0 Å². The molecule has 2 heterocycles. The second-order valence-corrected chi connectivity index (χ2v) is 11.2. The lowest BCUT2D eigenvalue weighted by Crippen LogP contribution is -2.09. The van der Waals surface area contributed by atoms with Crippen LogP contribution in [0.1, 0.15) is 0 Å². The Hall–Kier alpha value is -6.13. The molecule has 0 N–H and O–H groups in total. The number of fused-ring (bicyclic) bond motifs is 6. The summed E-state index contributed by atoms with van der Waals surface area (Å²) in [5, 5.41) is 4.40. The molecule has 45 heavy (non-hydrogen) atoms. The van der Waals surface area contributed by atoms with Crippen LogP contribution in [-0.4, -0.2) is 4.98 Å². The van der Waals surface area contributed by atoms with E-state index in [0.29, 0.717) is 5.89 Å². The number of aromatic nitrogens is 1. The lowest BCUT2D eigenvalue weighted by atomic mass is 10.0. The van der Waals surface area contributed by atoms with Crippen molar-refractivity contribution >= 4 is 60.9 Å². The fraction of sp³-hybridized carbons (Fsp3) is 0. The van der Waals surface area contributed by atoms with Gasteiger partial charge in [-0.25, -0.2) is 4.98 Å². The molecule has 9 aromatic rings. The topological polar surface area (TPSA) is 42.4 Å². The number of oxazole rings is 1. The molecule has 0 unspecified atom stereocenters. The van der Waals surface area contributed by atoms with Crippen LogP contribution >= 0.6 is 0 Å². The molecule has 4 heteroatoms. The van der Waals surface area contributed by atoms with Crippen LogP contribution in [0.4, 0.5) is 17.1 Å². The molecule has 0 radical (unpaired) electrons. The van der Waals surface area contributed by atoms with Gasteiger partial charge in [0.25, 0.3) is 0 Å². The van der Waals surface area contributed by atoms with E-state index in [1.165, 1.54) is 0 Å². The Morgan fingerprint density at radius 3 is 1.96 bits per heavy atom. The van der Waals surface area contributed by atoms with Gasteiger partial charge in [-0.3, -0.25) is 0 Å². The molecule has 4 nitrogen and oxygen atoms in total. The first-order valence-electron chi connectivity index (χ1n) is 15.0. The van der Waals surface area contributed by atoms with Crippen molar-refractivity contribution in [1.29, 1.82) is 0 Å². The van der Waals surface area contributed by atoms with Gasteiger partial charge >= 0.3 is 0 Å². The molecule has 212 valence electrons. The van der Waals surface area contributed by atoms with Crippen molar-refractivity contribution in [2.24, 2.45) is 0 Å². The second kappa shape index (κ2) is 10.2. The zero-order chi connectivity index (χ0) is 29.7. The molecule has 0 saturated carbocycles. The number of benzene rings is 7. The Morgan fingerprint density at radius 2 is 1.11 bits per heavy atom. The van der Waals surface area contributed by atoms with Gasteiger partial charge in [-0.15, -0.1) is 0 Å². The summed E-state index contributed by atoms with van der Waals surface area (Å²) in [6.07, 6.45) is 0. The Balaban J connectivity index is 1.09. The fourth-order valence-corrected chi connectivity index (χ4v) is 6.28. The maximum Gasteiger partial charge on any atom is 0.227 e.